The fourth-order valence-electron chi connectivity index (χ4n) is 3.83. The minimum absolute atomic E-state index is 0.650. The van der Waals surface area contributed by atoms with Crippen LogP contribution in [0, 0.1) is 17.2 Å². The van der Waals surface area contributed by atoms with Gasteiger partial charge >= 0.3 is 0 Å². The summed E-state index contributed by atoms with van der Waals surface area (Å²) in [5.41, 5.74) is 5.64. The molecule has 0 aliphatic heterocycles. The highest BCUT2D eigenvalue weighted by Crippen LogP contribution is 2.27. The van der Waals surface area contributed by atoms with Crippen molar-refractivity contribution < 1.29 is 0 Å². The largest absolute Gasteiger partial charge is 0.374 e. The lowest BCUT2D eigenvalue weighted by Crippen LogP contribution is -2.25. The van der Waals surface area contributed by atoms with Crippen LogP contribution in [-0.2, 0) is 0 Å². The number of benzene rings is 2. The number of rotatable bonds is 7. The number of hydrogen-bond donors (Lipinski definition) is 1. The molecule has 1 N–H and O–H groups in total. The van der Waals surface area contributed by atoms with E-state index in [0.29, 0.717) is 5.56 Å². The maximum Gasteiger partial charge on any atom is 0.0991 e. The van der Waals surface area contributed by atoms with E-state index >= 15 is 0 Å². The molecule has 2 aromatic carbocycles. The Morgan fingerprint density at radius 1 is 1.00 bits per heavy atom. The summed E-state index contributed by atoms with van der Waals surface area (Å²) in [5.74, 6) is 0.798. The van der Waals surface area contributed by atoms with Gasteiger partial charge in [0.25, 0.3) is 0 Å². The quantitative estimate of drug-likeness (QED) is 0.637. The van der Waals surface area contributed by atoms with E-state index in [0.717, 1.165) is 40.7 Å². The fourth-order valence-corrected chi connectivity index (χ4v) is 3.83. The second-order valence-corrected chi connectivity index (χ2v) is 7.70. The van der Waals surface area contributed by atoms with Crippen LogP contribution in [0.3, 0.4) is 0 Å². The van der Waals surface area contributed by atoms with E-state index in [-0.39, 0.29) is 0 Å². The van der Waals surface area contributed by atoms with E-state index in [1.54, 1.807) is 12.1 Å². The van der Waals surface area contributed by atoms with Crippen molar-refractivity contribution in [3.63, 3.8) is 0 Å². The van der Waals surface area contributed by atoms with Crippen molar-refractivity contribution in [2.75, 3.05) is 18.9 Å². The monoisotopic (exact) mass is 371 g/mol. The highest BCUT2D eigenvalue weighted by molar-refractivity contribution is 5.76. The van der Waals surface area contributed by atoms with Crippen LogP contribution < -0.4 is 5.32 Å². The van der Waals surface area contributed by atoms with Gasteiger partial charge in [-0.15, -0.1) is 0 Å². The first-order valence-electron chi connectivity index (χ1n) is 10.0. The molecule has 0 unspecified atom stereocenters. The molecular weight excluding hydrogens is 342 g/mol. The Kier molecular flexibility index (Phi) is 6.55. The zero-order chi connectivity index (χ0) is 19.9. The van der Waals surface area contributed by atoms with Crippen LogP contribution in [0.1, 0.15) is 48.8 Å². The maximum absolute atomic E-state index is 8.91. The number of nitriles is 1. The van der Waals surface area contributed by atoms with Crippen LogP contribution in [0.25, 0.3) is 11.4 Å². The van der Waals surface area contributed by atoms with Gasteiger partial charge in [-0.3, -0.25) is 0 Å². The molecule has 28 heavy (non-hydrogen) atoms. The van der Waals surface area contributed by atoms with Gasteiger partial charge in [0.1, 0.15) is 0 Å². The van der Waals surface area contributed by atoms with Gasteiger partial charge in [-0.1, -0.05) is 56.7 Å². The summed E-state index contributed by atoms with van der Waals surface area (Å²) in [6, 6.07) is 17.9. The van der Waals surface area contributed by atoms with Crippen LogP contribution in [-0.4, -0.2) is 18.5 Å². The third-order valence-corrected chi connectivity index (χ3v) is 5.59. The topological polar surface area (TPSA) is 39.1 Å². The Hall–Kier alpha value is -2.99. The summed E-state index contributed by atoms with van der Waals surface area (Å²) < 4.78 is 0. The lowest BCUT2D eigenvalue weighted by molar-refractivity contribution is 0.289. The first kappa shape index (κ1) is 19.8. The molecule has 3 rings (SSSR count). The van der Waals surface area contributed by atoms with Gasteiger partial charge < -0.3 is 10.2 Å². The van der Waals surface area contributed by atoms with Crippen LogP contribution >= 0.6 is 0 Å². The summed E-state index contributed by atoms with van der Waals surface area (Å²) in [7, 11) is 2.15. The molecule has 1 aliphatic rings. The molecule has 0 amide bonds. The molecule has 0 saturated heterocycles. The van der Waals surface area contributed by atoms with Gasteiger partial charge in [0.2, 0.25) is 0 Å². The predicted molar refractivity (Wildman–Crippen MR) is 118 cm³/mol. The molecule has 0 bridgehead atoms. The Morgan fingerprint density at radius 2 is 1.61 bits per heavy atom. The van der Waals surface area contributed by atoms with Gasteiger partial charge in [0.05, 0.1) is 11.6 Å². The molecule has 3 nitrogen and oxygen atoms in total. The van der Waals surface area contributed by atoms with Gasteiger partial charge in [-0.2, -0.15) is 5.26 Å². The lowest BCUT2D eigenvalue weighted by Gasteiger charge is -2.29. The summed E-state index contributed by atoms with van der Waals surface area (Å²) >= 11 is 0. The first-order valence-corrected chi connectivity index (χ1v) is 10.0. The fraction of sp³-hybridized carbons (Fsp3) is 0.320. The Morgan fingerprint density at radius 3 is 2.21 bits per heavy atom. The molecule has 0 heterocycles. The van der Waals surface area contributed by atoms with Crippen molar-refractivity contribution in [1.82, 2.24) is 4.90 Å². The number of hydrogen-bond acceptors (Lipinski definition) is 3. The molecular formula is C25H29N3. The van der Waals surface area contributed by atoms with Crippen molar-refractivity contribution in [3.8, 4) is 6.07 Å². The second-order valence-electron chi connectivity index (χ2n) is 7.70. The molecule has 1 saturated carbocycles. The van der Waals surface area contributed by atoms with Crippen molar-refractivity contribution in [1.29, 1.82) is 5.26 Å². The lowest BCUT2D eigenvalue weighted by atomic mass is 9.89. The highest BCUT2D eigenvalue weighted by atomic mass is 15.1. The summed E-state index contributed by atoms with van der Waals surface area (Å²) in [4.78, 5) is 2.30. The third-order valence-electron chi connectivity index (χ3n) is 5.59. The average Bonchev–Trinajstić information content (AvgIpc) is 2.74. The molecule has 0 atom stereocenters. The Bertz CT molecular complexity index is 850. The third kappa shape index (κ3) is 5.04. The zero-order valence-electron chi connectivity index (χ0n) is 16.7. The molecule has 0 radical (unpaired) electrons. The number of anilines is 1. The summed E-state index contributed by atoms with van der Waals surface area (Å²) in [5, 5.41) is 12.2. The van der Waals surface area contributed by atoms with Gasteiger partial charge in [-0.25, -0.2) is 0 Å². The van der Waals surface area contributed by atoms with E-state index in [4.69, 9.17) is 5.26 Å². The van der Waals surface area contributed by atoms with E-state index in [1.165, 1.54) is 32.1 Å². The normalized spacial score (nSPS) is 14.1. The molecule has 3 heteroatoms. The molecule has 1 fully saturated rings. The standard InChI is InChI=1S/C25H29N3/c1-19(23-11-9-21(17-26)10-12-23)27-25-15-13-24(14-16-25)20(2)28(3)18-22-7-5-4-6-8-22/h9-16,22,27H,1-2,4-8,18H2,3H3. The SMILES string of the molecule is C=C(Nc1ccc(C(=C)N(C)CC2CCCCC2)cc1)c1ccc(C#N)cc1. The summed E-state index contributed by atoms with van der Waals surface area (Å²) in [6.45, 7) is 9.50. The molecule has 0 aromatic heterocycles. The Labute approximate surface area is 169 Å². The smallest absolute Gasteiger partial charge is 0.0991 e. The maximum atomic E-state index is 8.91. The predicted octanol–water partition coefficient (Wildman–Crippen LogP) is 6.12. The average molecular weight is 372 g/mol. The van der Waals surface area contributed by atoms with Crippen molar-refractivity contribution in [2.45, 2.75) is 32.1 Å². The van der Waals surface area contributed by atoms with Crippen molar-refractivity contribution in [2.24, 2.45) is 5.92 Å². The van der Waals surface area contributed by atoms with Gasteiger partial charge in [-0.05, 0) is 54.2 Å². The van der Waals surface area contributed by atoms with E-state index in [9.17, 15) is 0 Å². The van der Waals surface area contributed by atoms with Crippen LogP contribution in [0.2, 0.25) is 0 Å². The van der Waals surface area contributed by atoms with Crippen LogP contribution in [0.15, 0.2) is 61.7 Å². The zero-order valence-corrected chi connectivity index (χ0v) is 16.7. The van der Waals surface area contributed by atoms with Gasteiger partial charge in [0.15, 0.2) is 0 Å². The molecule has 144 valence electrons. The first-order chi connectivity index (χ1) is 13.6. The van der Waals surface area contributed by atoms with E-state index < -0.39 is 0 Å². The molecule has 2 aromatic rings. The Balaban J connectivity index is 1.58. The second kappa shape index (κ2) is 9.28. The number of nitrogens with one attached hydrogen (secondary N) is 1. The molecule has 1 aliphatic carbocycles. The van der Waals surface area contributed by atoms with Gasteiger partial charge in [0, 0.05) is 30.7 Å². The number of nitrogens with zero attached hydrogens (tertiary/aromatic N) is 2. The van der Waals surface area contributed by atoms with Crippen molar-refractivity contribution >= 4 is 17.1 Å². The van der Waals surface area contributed by atoms with Crippen LogP contribution in [0.5, 0.6) is 0 Å². The van der Waals surface area contributed by atoms with Crippen LogP contribution in [0.4, 0.5) is 5.69 Å². The molecule has 0 spiro atoms. The van der Waals surface area contributed by atoms with E-state index in [1.807, 2.05) is 12.1 Å². The summed E-state index contributed by atoms with van der Waals surface area (Å²) in [6.07, 6.45) is 6.82. The van der Waals surface area contributed by atoms with E-state index in [2.05, 4.69) is 60.8 Å². The van der Waals surface area contributed by atoms with Crippen molar-refractivity contribution in [3.05, 3.63) is 78.4 Å². The minimum Gasteiger partial charge on any atom is -0.374 e. The highest BCUT2D eigenvalue weighted by Gasteiger charge is 2.16. The minimum atomic E-state index is 0.650.